The molecular formula is C15H21ClN2O3. The summed E-state index contributed by atoms with van der Waals surface area (Å²) in [7, 11) is 0. The highest BCUT2D eigenvalue weighted by Gasteiger charge is 2.28. The van der Waals surface area contributed by atoms with Gasteiger partial charge >= 0.3 is 11.8 Å². The number of carbonyl (C=O) groups excluding carboxylic acids is 2. The topological polar surface area (TPSA) is 78.4 Å². The van der Waals surface area contributed by atoms with Gasteiger partial charge in [-0.2, -0.15) is 0 Å². The van der Waals surface area contributed by atoms with Crippen LogP contribution in [0.3, 0.4) is 0 Å². The fourth-order valence-corrected chi connectivity index (χ4v) is 1.90. The minimum Gasteiger partial charge on any atom is -0.388 e. The Morgan fingerprint density at radius 2 is 2.05 bits per heavy atom. The highest BCUT2D eigenvalue weighted by molar-refractivity contribution is 6.39. The lowest BCUT2D eigenvalue weighted by Crippen LogP contribution is -2.47. The van der Waals surface area contributed by atoms with Crippen molar-refractivity contribution in [1.82, 2.24) is 5.32 Å². The lowest BCUT2D eigenvalue weighted by molar-refractivity contribution is -0.137. The van der Waals surface area contributed by atoms with Crippen LogP contribution < -0.4 is 10.6 Å². The Morgan fingerprint density at radius 3 is 2.62 bits per heavy atom. The largest absolute Gasteiger partial charge is 0.388 e. The van der Waals surface area contributed by atoms with E-state index in [9.17, 15) is 14.7 Å². The van der Waals surface area contributed by atoms with Crippen molar-refractivity contribution in [2.45, 2.75) is 32.8 Å². The molecule has 0 radical (unpaired) electrons. The molecular weight excluding hydrogens is 292 g/mol. The molecule has 0 spiro atoms. The lowest BCUT2D eigenvalue weighted by atomic mass is 9.89. The molecule has 1 aromatic rings. The molecule has 0 fully saturated rings. The quantitative estimate of drug-likeness (QED) is 0.729. The second-order valence-electron chi connectivity index (χ2n) is 5.31. The molecule has 3 N–H and O–H groups in total. The van der Waals surface area contributed by atoms with Gasteiger partial charge in [0.1, 0.15) is 0 Å². The molecule has 1 aromatic carbocycles. The molecule has 0 saturated heterocycles. The summed E-state index contributed by atoms with van der Waals surface area (Å²) in [6.07, 6.45) is 0.775. The summed E-state index contributed by atoms with van der Waals surface area (Å²) in [6, 6.07) is 6.51. The maximum absolute atomic E-state index is 11.7. The van der Waals surface area contributed by atoms with Crippen LogP contribution in [0.2, 0.25) is 5.02 Å². The van der Waals surface area contributed by atoms with Gasteiger partial charge in [-0.15, -0.1) is 0 Å². The van der Waals surface area contributed by atoms with Crippen molar-refractivity contribution in [3.05, 3.63) is 29.3 Å². The Kier molecular flexibility index (Phi) is 6.18. The lowest BCUT2D eigenvalue weighted by Gasteiger charge is -2.29. The van der Waals surface area contributed by atoms with Crippen LogP contribution in [0.1, 0.15) is 27.2 Å². The Hall–Kier alpha value is -1.59. The summed E-state index contributed by atoms with van der Waals surface area (Å²) in [5.41, 5.74) is -0.614. The summed E-state index contributed by atoms with van der Waals surface area (Å²) in [6.45, 7) is 5.49. The van der Waals surface area contributed by atoms with Crippen LogP contribution >= 0.6 is 11.6 Å². The first kappa shape index (κ1) is 17.5. The monoisotopic (exact) mass is 312 g/mol. The standard InChI is InChI=1S/C15H21ClN2O3/c1-4-10(2)15(3,21)9-17-13(19)14(20)18-12-7-5-6-11(16)8-12/h5-8,10,21H,4,9H2,1-3H3,(H,17,19)(H,18,20)/t10-,15+/m1/s1. The third kappa shape index (κ3) is 5.36. The average molecular weight is 313 g/mol. The molecule has 116 valence electrons. The van der Waals surface area contributed by atoms with E-state index in [-0.39, 0.29) is 12.5 Å². The Morgan fingerprint density at radius 1 is 1.38 bits per heavy atom. The van der Waals surface area contributed by atoms with Crippen LogP contribution in [-0.4, -0.2) is 29.1 Å². The number of benzene rings is 1. The van der Waals surface area contributed by atoms with Gasteiger partial charge < -0.3 is 15.7 Å². The van der Waals surface area contributed by atoms with Crippen LogP contribution in [0.5, 0.6) is 0 Å². The van der Waals surface area contributed by atoms with Crippen molar-refractivity contribution in [2.24, 2.45) is 5.92 Å². The molecule has 0 bridgehead atoms. The van der Waals surface area contributed by atoms with Crippen LogP contribution in [0.4, 0.5) is 5.69 Å². The maximum atomic E-state index is 11.7. The number of rotatable bonds is 5. The van der Waals surface area contributed by atoms with E-state index in [0.29, 0.717) is 10.7 Å². The molecule has 0 aliphatic carbocycles. The number of hydrogen-bond acceptors (Lipinski definition) is 3. The van der Waals surface area contributed by atoms with Gasteiger partial charge in [0.2, 0.25) is 0 Å². The first-order chi connectivity index (χ1) is 9.76. The summed E-state index contributed by atoms with van der Waals surface area (Å²) >= 11 is 5.79. The molecule has 0 aliphatic heterocycles. The van der Waals surface area contributed by atoms with Gasteiger partial charge in [-0.1, -0.05) is 37.9 Å². The van der Waals surface area contributed by atoms with E-state index in [0.717, 1.165) is 6.42 Å². The van der Waals surface area contributed by atoms with Gasteiger partial charge in [0.15, 0.2) is 0 Å². The summed E-state index contributed by atoms with van der Waals surface area (Å²) in [5, 5.41) is 15.5. The van der Waals surface area contributed by atoms with E-state index in [2.05, 4.69) is 10.6 Å². The predicted octanol–water partition coefficient (Wildman–Crippen LogP) is 2.19. The molecule has 2 atom stereocenters. The number of halogens is 1. The normalized spacial score (nSPS) is 14.9. The molecule has 0 heterocycles. The summed E-state index contributed by atoms with van der Waals surface area (Å²) < 4.78 is 0. The van der Waals surface area contributed by atoms with E-state index in [1.165, 1.54) is 0 Å². The van der Waals surface area contributed by atoms with Crippen molar-refractivity contribution >= 4 is 29.1 Å². The van der Waals surface area contributed by atoms with Crippen LogP contribution in [0.25, 0.3) is 0 Å². The first-order valence-electron chi connectivity index (χ1n) is 6.83. The van der Waals surface area contributed by atoms with E-state index in [1.807, 2.05) is 13.8 Å². The van der Waals surface area contributed by atoms with Crippen molar-refractivity contribution in [3.63, 3.8) is 0 Å². The number of anilines is 1. The third-order valence-corrected chi connectivity index (χ3v) is 3.80. The highest BCUT2D eigenvalue weighted by atomic mass is 35.5. The van der Waals surface area contributed by atoms with Gasteiger partial charge in [-0.25, -0.2) is 0 Å². The van der Waals surface area contributed by atoms with Gasteiger partial charge in [0, 0.05) is 17.3 Å². The van der Waals surface area contributed by atoms with E-state index in [4.69, 9.17) is 11.6 Å². The average Bonchev–Trinajstić information content (AvgIpc) is 2.43. The number of aliphatic hydroxyl groups is 1. The van der Waals surface area contributed by atoms with E-state index >= 15 is 0 Å². The summed E-state index contributed by atoms with van der Waals surface area (Å²) in [4.78, 5) is 23.5. The smallest absolute Gasteiger partial charge is 0.313 e. The van der Waals surface area contributed by atoms with Crippen molar-refractivity contribution in [3.8, 4) is 0 Å². The van der Waals surface area contributed by atoms with Crippen LogP contribution in [0, 0.1) is 5.92 Å². The van der Waals surface area contributed by atoms with Crippen LogP contribution in [-0.2, 0) is 9.59 Å². The second-order valence-corrected chi connectivity index (χ2v) is 5.75. The van der Waals surface area contributed by atoms with Gasteiger partial charge in [-0.3, -0.25) is 9.59 Å². The Bertz CT molecular complexity index is 517. The fourth-order valence-electron chi connectivity index (χ4n) is 1.71. The first-order valence-corrected chi connectivity index (χ1v) is 7.21. The molecule has 0 saturated carbocycles. The zero-order chi connectivity index (χ0) is 16.0. The molecule has 21 heavy (non-hydrogen) atoms. The SMILES string of the molecule is CC[C@@H](C)[C@@](C)(O)CNC(=O)C(=O)Nc1cccc(Cl)c1. The molecule has 0 aliphatic rings. The summed E-state index contributed by atoms with van der Waals surface area (Å²) in [5.74, 6) is -1.58. The number of hydrogen-bond donors (Lipinski definition) is 3. The zero-order valence-corrected chi connectivity index (χ0v) is 13.2. The molecule has 1 rings (SSSR count). The highest BCUT2D eigenvalue weighted by Crippen LogP contribution is 2.19. The van der Waals surface area contributed by atoms with E-state index < -0.39 is 17.4 Å². The fraction of sp³-hybridized carbons (Fsp3) is 0.467. The number of carbonyl (C=O) groups is 2. The zero-order valence-electron chi connectivity index (χ0n) is 12.4. The maximum Gasteiger partial charge on any atom is 0.313 e. The molecule has 0 unspecified atom stereocenters. The van der Waals surface area contributed by atoms with Crippen molar-refractivity contribution in [1.29, 1.82) is 0 Å². The van der Waals surface area contributed by atoms with Gasteiger partial charge in [0.05, 0.1) is 5.60 Å². The minimum atomic E-state index is -1.05. The Labute approximate surface area is 129 Å². The van der Waals surface area contributed by atoms with Gasteiger partial charge in [0.25, 0.3) is 0 Å². The molecule has 6 heteroatoms. The van der Waals surface area contributed by atoms with Crippen molar-refractivity contribution < 1.29 is 14.7 Å². The molecule has 2 amide bonds. The van der Waals surface area contributed by atoms with Gasteiger partial charge in [-0.05, 0) is 31.0 Å². The number of amides is 2. The van der Waals surface area contributed by atoms with E-state index in [1.54, 1.807) is 31.2 Å². The van der Waals surface area contributed by atoms with Crippen LogP contribution in [0.15, 0.2) is 24.3 Å². The Balaban J connectivity index is 2.54. The molecule has 5 nitrogen and oxygen atoms in total. The third-order valence-electron chi connectivity index (χ3n) is 3.57. The predicted molar refractivity (Wildman–Crippen MR) is 83.2 cm³/mol. The second kappa shape index (κ2) is 7.43. The molecule has 0 aromatic heterocycles. The van der Waals surface area contributed by atoms with Crippen molar-refractivity contribution in [2.75, 3.05) is 11.9 Å². The number of nitrogens with one attached hydrogen (secondary N) is 2. The minimum absolute atomic E-state index is 0.00814.